The first-order valence-corrected chi connectivity index (χ1v) is 7.21. The van der Waals surface area contributed by atoms with Crippen molar-refractivity contribution in [1.82, 2.24) is 24.8 Å². The zero-order valence-corrected chi connectivity index (χ0v) is 12.5. The van der Waals surface area contributed by atoms with Crippen LogP contribution in [0.5, 0.6) is 0 Å². The Balaban J connectivity index is 2.05. The molecule has 7 nitrogen and oxygen atoms in total. The quantitative estimate of drug-likeness (QED) is 0.751. The number of nitrogen functional groups attached to an aromatic ring is 1. The van der Waals surface area contributed by atoms with E-state index in [1.54, 1.807) is 0 Å². The number of nitrogens with one attached hydrogen (secondary N) is 1. The molecule has 0 bridgehead atoms. The van der Waals surface area contributed by atoms with Gasteiger partial charge in [0.05, 0.1) is 18.8 Å². The number of hydrogen-bond donors (Lipinski definition) is 3. The van der Waals surface area contributed by atoms with Crippen LogP contribution in [-0.4, -0.2) is 51.3 Å². The van der Waals surface area contributed by atoms with E-state index in [0.29, 0.717) is 5.82 Å². The molecule has 1 saturated heterocycles. The normalized spacial score (nSPS) is 22.5. The predicted molar refractivity (Wildman–Crippen MR) is 81.6 cm³/mol. The van der Waals surface area contributed by atoms with Crippen molar-refractivity contribution >= 4 is 16.9 Å². The van der Waals surface area contributed by atoms with E-state index >= 15 is 0 Å². The van der Waals surface area contributed by atoms with Crippen molar-refractivity contribution in [3.63, 3.8) is 0 Å². The van der Waals surface area contributed by atoms with Gasteiger partial charge in [-0.05, 0) is 26.9 Å². The zero-order valence-electron chi connectivity index (χ0n) is 12.5. The summed E-state index contributed by atoms with van der Waals surface area (Å²) in [6.45, 7) is 0.897. The molecule has 0 aromatic carbocycles. The SMILES string of the molecule is CN(C)Cn1cc(C2CCC(CO)N2)c2ncnc(N)c21. The van der Waals surface area contributed by atoms with Crippen molar-refractivity contribution in [2.75, 3.05) is 26.4 Å². The highest BCUT2D eigenvalue weighted by Gasteiger charge is 2.28. The molecule has 1 aliphatic heterocycles. The monoisotopic (exact) mass is 290 g/mol. The largest absolute Gasteiger partial charge is 0.395 e. The van der Waals surface area contributed by atoms with E-state index in [4.69, 9.17) is 5.73 Å². The van der Waals surface area contributed by atoms with Crippen molar-refractivity contribution in [3.05, 3.63) is 18.1 Å². The Labute approximate surface area is 123 Å². The van der Waals surface area contributed by atoms with Crippen LogP contribution in [0, 0.1) is 0 Å². The van der Waals surface area contributed by atoms with Crippen LogP contribution in [0.4, 0.5) is 5.82 Å². The standard InChI is InChI=1S/C14H22N6O/c1-19(2)8-20-5-10(11-4-3-9(6-21)18-11)12-13(20)14(15)17-7-16-12/h5,7,9,11,18,21H,3-4,6,8H2,1-2H3,(H2,15,16,17). The van der Waals surface area contributed by atoms with Gasteiger partial charge in [-0.15, -0.1) is 0 Å². The van der Waals surface area contributed by atoms with Gasteiger partial charge in [0.25, 0.3) is 0 Å². The predicted octanol–water partition coefficient (Wildman–Crippen LogP) is 0.318. The Bertz CT molecular complexity index is 638. The number of hydrogen-bond acceptors (Lipinski definition) is 6. The topological polar surface area (TPSA) is 92.2 Å². The molecular formula is C14H22N6O. The van der Waals surface area contributed by atoms with Crippen molar-refractivity contribution in [2.24, 2.45) is 0 Å². The van der Waals surface area contributed by atoms with Crippen LogP contribution < -0.4 is 11.1 Å². The molecule has 0 aliphatic carbocycles. The zero-order chi connectivity index (χ0) is 15.0. The molecule has 2 atom stereocenters. The summed E-state index contributed by atoms with van der Waals surface area (Å²) in [4.78, 5) is 10.6. The van der Waals surface area contributed by atoms with Gasteiger partial charge in [-0.3, -0.25) is 4.90 Å². The lowest BCUT2D eigenvalue weighted by Crippen LogP contribution is -2.27. The van der Waals surface area contributed by atoms with E-state index in [9.17, 15) is 5.11 Å². The van der Waals surface area contributed by atoms with Crippen LogP contribution in [-0.2, 0) is 6.67 Å². The molecule has 114 valence electrons. The van der Waals surface area contributed by atoms with Gasteiger partial charge in [-0.2, -0.15) is 0 Å². The van der Waals surface area contributed by atoms with E-state index in [2.05, 4.69) is 30.9 Å². The van der Waals surface area contributed by atoms with Crippen LogP contribution in [0.25, 0.3) is 11.0 Å². The van der Waals surface area contributed by atoms with Crippen molar-refractivity contribution in [2.45, 2.75) is 31.6 Å². The highest BCUT2D eigenvalue weighted by molar-refractivity contribution is 5.88. The van der Waals surface area contributed by atoms with Gasteiger partial charge in [-0.25, -0.2) is 9.97 Å². The Morgan fingerprint density at radius 1 is 1.43 bits per heavy atom. The molecule has 2 aromatic rings. The first-order chi connectivity index (χ1) is 10.1. The molecule has 3 heterocycles. The van der Waals surface area contributed by atoms with Crippen LogP contribution in [0.15, 0.2) is 12.5 Å². The second-order valence-corrected chi connectivity index (χ2v) is 5.91. The number of nitrogens with two attached hydrogens (primary N) is 1. The summed E-state index contributed by atoms with van der Waals surface area (Å²) in [7, 11) is 4.03. The van der Waals surface area contributed by atoms with Crippen LogP contribution >= 0.6 is 0 Å². The second kappa shape index (κ2) is 5.59. The molecule has 0 saturated carbocycles. The van der Waals surface area contributed by atoms with E-state index in [1.807, 2.05) is 14.1 Å². The lowest BCUT2D eigenvalue weighted by Gasteiger charge is -2.12. The highest BCUT2D eigenvalue weighted by Crippen LogP contribution is 2.33. The number of nitrogens with zero attached hydrogens (tertiary/aromatic N) is 4. The molecule has 7 heteroatoms. The fourth-order valence-corrected chi connectivity index (χ4v) is 3.06. The van der Waals surface area contributed by atoms with E-state index in [1.165, 1.54) is 6.33 Å². The lowest BCUT2D eigenvalue weighted by atomic mass is 10.1. The first-order valence-electron chi connectivity index (χ1n) is 7.21. The van der Waals surface area contributed by atoms with Crippen molar-refractivity contribution in [1.29, 1.82) is 0 Å². The summed E-state index contributed by atoms with van der Waals surface area (Å²) in [5.41, 5.74) is 8.97. The number of anilines is 1. The summed E-state index contributed by atoms with van der Waals surface area (Å²) in [6.07, 6.45) is 5.59. The van der Waals surface area contributed by atoms with Crippen LogP contribution in [0.3, 0.4) is 0 Å². The highest BCUT2D eigenvalue weighted by atomic mass is 16.3. The number of fused-ring (bicyclic) bond motifs is 1. The average Bonchev–Trinajstić information content (AvgIpc) is 3.03. The van der Waals surface area contributed by atoms with Gasteiger partial charge >= 0.3 is 0 Å². The van der Waals surface area contributed by atoms with Gasteiger partial charge in [0, 0.05) is 23.8 Å². The smallest absolute Gasteiger partial charge is 0.151 e. The van der Waals surface area contributed by atoms with E-state index < -0.39 is 0 Å². The molecule has 3 rings (SSSR count). The van der Waals surface area contributed by atoms with Crippen LogP contribution in [0.1, 0.15) is 24.4 Å². The van der Waals surface area contributed by atoms with Gasteiger partial charge in [0.15, 0.2) is 5.82 Å². The van der Waals surface area contributed by atoms with Crippen LogP contribution in [0.2, 0.25) is 0 Å². The third-order valence-corrected chi connectivity index (χ3v) is 3.98. The first kappa shape index (κ1) is 14.2. The maximum absolute atomic E-state index is 9.29. The summed E-state index contributed by atoms with van der Waals surface area (Å²) < 4.78 is 2.09. The maximum Gasteiger partial charge on any atom is 0.151 e. The molecule has 0 radical (unpaired) electrons. The number of aromatic nitrogens is 3. The Morgan fingerprint density at radius 3 is 2.90 bits per heavy atom. The van der Waals surface area contributed by atoms with Gasteiger partial charge in [0.2, 0.25) is 0 Å². The molecule has 2 unspecified atom stereocenters. The summed E-state index contributed by atoms with van der Waals surface area (Å²) in [6, 6.07) is 0.379. The van der Waals surface area contributed by atoms with Gasteiger partial charge in [-0.1, -0.05) is 0 Å². The Hall–Kier alpha value is -1.70. The Morgan fingerprint density at radius 2 is 2.24 bits per heavy atom. The molecule has 1 aliphatic rings. The van der Waals surface area contributed by atoms with Crippen molar-refractivity contribution in [3.8, 4) is 0 Å². The molecule has 21 heavy (non-hydrogen) atoms. The van der Waals surface area contributed by atoms with Gasteiger partial charge in [0.1, 0.15) is 11.8 Å². The summed E-state index contributed by atoms with van der Waals surface area (Å²) in [5, 5.41) is 12.7. The van der Waals surface area contributed by atoms with E-state index in [0.717, 1.165) is 36.1 Å². The number of aliphatic hydroxyl groups is 1. The fourth-order valence-electron chi connectivity index (χ4n) is 3.06. The van der Waals surface area contributed by atoms with Crippen molar-refractivity contribution < 1.29 is 5.11 Å². The third kappa shape index (κ3) is 2.59. The van der Waals surface area contributed by atoms with Gasteiger partial charge < -0.3 is 20.7 Å². The maximum atomic E-state index is 9.29. The summed E-state index contributed by atoms with van der Waals surface area (Å²) in [5.74, 6) is 0.504. The molecule has 4 N–H and O–H groups in total. The second-order valence-electron chi connectivity index (χ2n) is 5.91. The Kier molecular flexibility index (Phi) is 3.79. The molecule has 1 fully saturated rings. The third-order valence-electron chi connectivity index (χ3n) is 3.98. The molecule has 0 spiro atoms. The lowest BCUT2D eigenvalue weighted by molar-refractivity contribution is 0.251. The van der Waals surface area contributed by atoms with E-state index in [-0.39, 0.29) is 18.7 Å². The fraction of sp³-hybridized carbons (Fsp3) is 0.571. The minimum Gasteiger partial charge on any atom is -0.395 e. The minimum absolute atomic E-state index is 0.168. The number of rotatable bonds is 4. The average molecular weight is 290 g/mol. The molecule has 2 aromatic heterocycles. The summed E-state index contributed by atoms with van der Waals surface area (Å²) >= 11 is 0. The minimum atomic E-state index is 0.168. The number of aliphatic hydroxyl groups excluding tert-OH is 1. The molecular weight excluding hydrogens is 268 g/mol. The molecule has 0 amide bonds.